The number of nitrogens with two attached hydrogens (primary N) is 1. The molecular weight excluding hydrogens is 469 g/mol. The van der Waals surface area contributed by atoms with Crippen LogP contribution >= 0.6 is 11.6 Å². The quantitative estimate of drug-likeness (QED) is 0.136. The monoisotopic (exact) mass is 500 g/mol. The van der Waals surface area contributed by atoms with E-state index in [1.165, 1.54) is 6.19 Å². The minimum atomic E-state index is -4.10. The second-order valence-corrected chi connectivity index (χ2v) is 9.05. The maximum absolute atomic E-state index is 13.0. The first-order valence-corrected chi connectivity index (χ1v) is 11.8. The molecule has 3 unspecified atom stereocenters. The number of carbonyl (C=O) groups excluding carboxylic acids is 1. The van der Waals surface area contributed by atoms with Gasteiger partial charge in [-0.1, -0.05) is 30.2 Å². The third-order valence-corrected chi connectivity index (χ3v) is 6.49. The molecule has 2 fully saturated rings. The molecule has 1 aliphatic carbocycles. The van der Waals surface area contributed by atoms with Crippen LogP contribution in [-0.4, -0.2) is 55.0 Å². The lowest BCUT2D eigenvalue weighted by Crippen LogP contribution is -2.49. The second kappa shape index (κ2) is 13.5. The van der Waals surface area contributed by atoms with Gasteiger partial charge in [0.15, 0.2) is 6.19 Å². The molecular formula is C23H32ClF3N6O. The Labute approximate surface area is 203 Å². The summed E-state index contributed by atoms with van der Waals surface area (Å²) in [4.78, 5) is 14.0. The number of carbonyl (C=O) groups is 1. The molecule has 0 bridgehead atoms. The smallest absolute Gasteiger partial charge is 0.337 e. The van der Waals surface area contributed by atoms with Gasteiger partial charge in [-0.25, -0.2) is 0 Å². The van der Waals surface area contributed by atoms with Crippen LogP contribution in [0.15, 0.2) is 24.3 Å². The fraction of sp³-hybridized carbons (Fsp3) is 0.609. The molecule has 11 heteroatoms. The minimum absolute atomic E-state index is 0.0190. The Hall–Kier alpha value is -2.35. The second-order valence-electron chi connectivity index (χ2n) is 8.61. The molecule has 1 amide bonds. The summed E-state index contributed by atoms with van der Waals surface area (Å²) in [5.41, 5.74) is 5.21. The molecule has 1 saturated carbocycles. The first kappa shape index (κ1) is 27.9. The SMILES string of the molecule is N#CN.N=C(c1ccc(Cl)cc1)C(CNCNCC1CCCC(C(F)(F)F)C1)N1CCCC1=O. The van der Waals surface area contributed by atoms with Crippen molar-refractivity contribution >= 4 is 23.2 Å². The maximum atomic E-state index is 13.0. The van der Waals surface area contributed by atoms with E-state index < -0.39 is 18.1 Å². The van der Waals surface area contributed by atoms with Gasteiger partial charge >= 0.3 is 6.18 Å². The van der Waals surface area contributed by atoms with Crippen LogP contribution in [0, 0.1) is 28.7 Å². The Bertz CT molecular complexity index is 843. The topological polar surface area (TPSA) is 118 Å². The maximum Gasteiger partial charge on any atom is 0.391 e. The summed E-state index contributed by atoms with van der Waals surface area (Å²) in [7, 11) is 0. The third-order valence-electron chi connectivity index (χ3n) is 6.24. The summed E-state index contributed by atoms with van der Waals surface area (Å²) in [5, 5.41) is 22.7. The van der Waals surface area contributed by atoms with Crippen LogP contribution in [0.5, 0.6) is 0 Å². The highest BCUT2D eigenvalue weighted by Gasteiger charge is 2.42. The molecule has 1 saturated heterocycles. The van der Waals surface area contributed by atoms with Gasteiger partial charge in [0, 0.05) is 31.2 Å². The number of rotatable bonds is 9. The lowest BCUT2D eigenvalue weighted by molar-refractivity contribution is -0.185. The van der Waals surface area contributed by atoms with Crippen molar-refractivity contribution in [3.05, 3.63) is 34.9 Å². The van der Waals surface area contributed by atoms with Crippen LogP contribution in [0.25, 0.3) is 0 Å². The number of hydrogen-bond donors (Lipinski definition) is 4. The number of nitriles is 1. The lowest BCUT2D eigenvalue weighted by Gasteiger charge is -2.31. The Morgan fingerprint density at radius 2 is 1.94 bits per heavy atom. The molecule has 1 aromatic rings. The predicted octanol–water partition coefficient (Wildman–Crippen LogP) is 3.63. The van der Waals surface area contributed by atoms with E-state index in [1.54, 1.807) is 29.2 Å². The number of alkyl halides is 3. The zero-order valence-corrected chi connectivity index (χ0v) is 19.8. The Morgan fingerprint density at radius 1 is 1.26 bits per heavy atom. The highest BCUT2D eigenvalue weighted by atomic mass is 35.5. The molecule has 1 heterocycles. The van der Waals surface area contributed by atoms with Crippen LogP contribution in [0.4, 0.5) is 13.2 Å². The number of hydrogen-bond acceptors (Lipinski definition) is 6. The molecule has 7 nitrogen and oxygen atoms in total. The molecule has 3 rings (SSSR count). The summed E-state index contributed by atoms with van der Waals surface area (Å²) in [6.45, 7) is 1.96. The van der Waals surface area contributed by atoms with Gasteiger partial charge in [-0.3, -0.25) is 4.79 Å². The van der Waals surface area contributed by atoms with Crippen LogP contribution in [-0.2, 0) is 4.79 Å². The van der Waals surface area contributed by atoms with Gasteiger partial charge in [0.2, 0.25) is 5.91 Å². The molecule has 1 aliphatic heterocycles. The van der Waals surface area contributed by atoms with Crippen LogP contribution < -0.4 is 16.4 Å². The Kier molecular flexibility index (Phi) is 11.1. The van der Waals surface area contributed by atoms with Crippen molar-refractivity contribution < 1.29 is 18.0 Å². The molecule has 5 N–H and O–H groups in total. The molecule has 0 spiro atoms. The van der Waals surface area contributed by atoms with Gasteiger partial charge in [-0.05, 0) is 55.8 Å². The Morgan fingerprint density at radius 3 is 2.53 bits per heavy atom. The van der Waals surface area contributed by atoms with E-state index in [9.17, 15) is 18.0 Å². The molecule has 0 radical (unpaired) electrons. The summed E-state index contributed by atoms with van der Waals surface area (Å²) < 4.78 is 38.9. The molecule has 2 aliphatic rings. The number of halogens is 4. The van der Waals surface area contributed by atoms with Gasteiger partial charge in [-0.2, -0.15) is 18.4 Å². The molecule has 3 atom stereocenters. The van der Waals surface area contributed by atoms with Gasteiger partial charge in [0.05, 0.1) is 17.7 Å². The van der Waals surface area contributed by atoms with E-state index >= 15 is 0 Å². The van der Waals surface area contributed by atoms with E-state index in [4.69, 9.17) is 22.3 Å². The lowest BCUT2D eigenvalue weighted by atomic mass is 9.81. The number of nitrogens with zero attached hydrogens (tertiary/aromatic N) is 2. The van der Waals surface area contributed by atoms with E-state index in [2.05, 4.69) is 16.4 Å². The van der Waals surface area contributed by atoms with Gasteiger partial charge in [0.25, 0.3) is 0 Å². The zero-order valence-electron chi connectivity index (χ0n) is 19.0. The fourth-order valence-corrected chi connectivity index (χ4v) is 4.66. The summed E-state index contributed by atoms with van der Waals surface area (Å²) in [6, 6.07) is 6.60. The third kappa shape index (κ3) is 8.46. The van der Waals surface area contributed by atoms with Crippen molar-refractivity contribution in [2.24, 2.45) is 17.6 Å². The van der Waals surface area contributed by atoms with Crippen molar-refractivity contribution in [1.82, 2.24) is 15.5 Å². The van der Waals surface area contributed by atoms with E-state index in [0.29, 0.717) is 55.4 Å². The van der Waals surface area contributed by atoms with Crippen molar-refractivity contribution in [1.29, 1.82) is 10.7 Å². The van der Waals surface area contributed by atoms with Gasteiger partial charge in [-0.15, -0.1) is 0 Å². The molecule has 34 heavy (non-hydrogen) atoms. The average molecular weight is 501 g/mol. The standard InChI is InChI=1S/C22H30ClF3N4O.CH2N2/c23-18-8-6-16(7-9-18)21(27)19(30-10-2-5-20(30)31)13-29-14-28-12-15-3-1-4-17(11-15)22(24,25)26;2-1-3/h6-9,15,17,19,27-29H,1-5,10-14H2;2H2. The van der Waals surface area contributed by atoms with E-state index in [0.717, 1.165) is 12.8 Å². The van der Waals surface area contributed by atoms with E-state index in [-0.39, 0.29) is 24.7 Å². The van der Waals surface area contributed by atoms with Crippen molar-refractivity contribution in [3.8, 4) is 6.19 Å². The largest absolute Gasteiger partial charge is 0.391 e. The van der Waals surface area contributed by atoms with Gasteiger partial charge < -0.3 is 26.7 Å². The van der Waals surface area contributed by atoms with Crippen LogP contribution in [0.3, 0.4) is 0 Å². The number of nitrogens with one attached hydrogen (secondary N) is 3. The highest BCUT2D eigenvalue weighted by molar-refractivity contribution is 6.30. The summed E-state index contributed by atoms with van der Waals surface area (Å²) >= 11 is 5.94. The van der Waals surface area contributed by atoms with Crippen LogP contribution in [0.1, 0.15) is 44.1 Å². The first-order chi connectivity index (χ1) is 16.2. The normalized spacial score (nSPS) is 21.4. The highest BCUT2D eigenvalue weighted by Crippen LogP contribution is 2.39. The number of likely N-dealkylation sites (tertiary alicyclic amines) is 1. The number of benzene rings is 1. The fourth-order valence-electron chi connectivity index (χ4n) is 4.54. The van der Waals surface area contributed by atoms with Crippen molar-refractivity contribution in [2.45, 2.75) is 50.7 Å². The predicted molar refractivity (Wildman–Crippen MR) is 125 cm³/mol. The van der Waals surface area contributed by atoms with Crippen LogP contribution in [0.2, 0.25) is 5.02 Å². The Balaban J connectivity index is 0.00000129. The summed E-state index contributed by atoms with van der Waals surface area (Å²) in [5.74, 6) is -1.13. The number of amides is 1. The average Bonchev–Trinajstić information content (AvgIpc) is 3.22. The minimum Gasteiger partial charge on any atom is -0.337 e. The first-order valence-electron chi connectivity index (χ1n) is 11.4. The van der Waals surface area contributed by atoms with Crippen molar-refractivity contribution in [3.63, 3.8) is 0 Å². The van der Waals surface area contributed by atoms with Crippen molar-refractivity contribution in [2.75, 3.05) is 26.3 Å². The zero-order chi connectivity index (χ0) is 25.1. The summed E-state index contributed by atoms with van der Waals surface area (Å²) in [6.07, 6.45) is 0.259. The molecule has 1 aromatic carbocycles. The molecule has 188 valence electrons. The van der Waals surface area contributed by atoms with Gasteiger partial charge in [0.1, 0.15) is 0 Å². The molecule has 0 aromatic heterocycles. The van der Waals surface area contributed by atoms with E-state index in [1.807, 2.05) is 0 Å².